The van der Waals surface area contributed by atoms with Crippen LogP contribution in [0.1, 0.15) is 38.1 Å². The normalized spacial score (nSPS) is 19.2. The second-order valence-corrected chi connectivity index (χ2v) is 9.08. The predicted molar refractivity (Wildman–Crippen MR) is 126 cm³/mol. The van der Waals surface area contributed by atoms with Crippen molar-refractivity contribution in [2.75, 3.05) is 29.4 Å². The molecular weight excluding hydrogens is 422 g/mol. The topological polar surface area (TPSA) is 93.6 Å². The summed E-state index contributed by atoms with van der Waals surface area (Å²) in [4.78, 5) is 30.4. The van der Waals surface area contributed by atoms with Gasteiger partial charge in [-0.3, -0.25) is 9.69 Å². The zero-order chi connectivity index (χ0) is 23.9. The Labute approximate surface area is 194 Å². The van der Waals surface area contributed by atoms with E-state index in [0.717, 1.165) is 16.8 Å². The minimum Gasteiger partial charge on any atom is -0.446 e. The largest absolute Gasteiger partial charge is 0.446 e. The second kappa shape index (κ2) is 9.03. The molecule has 1 saturated heterocycles. The highest BCUT2D eigenvalue weighted by molar-refractivity contribution is 5.97. The van der Waals surface area contributed by atoms with Crippen molar-refractivity contribution < 1.29 is 24.5 Å². The van der Waals surface area contributed by atoms with Gasteiger partial charge in [0.1, 0.15) is 6.23 Å². The van der Waals surface area contributed by atoms with Gasteiger partial charge in [-0.25, -0.2) is 4.79 Å². The monoisotopic (exact) mass is 453 g/mol. The van der Waals surface area contributed by atoms with Crippen LogP contribution in [0.4, 0.5) is 16.2 Å². The van der Waals surface area contributed by atoms with E-state index in [1.54, 1.807) is 28.9 Å². The van der Waals surface area contributed by atoms with Crippen molar-refractivity contribution in [3.8, 4) is 11.1 Å². The summed E-state index contributed by atoms with van der Waals surface area (Å²) >= 11 is 0. The summed E-state index contributed by atoms with van der Waals surface area (Å²) in [6.07, 6.45) is -1.80. The summed E-state index contributed by atoms with van der Waals surface area (Å²) in [6, 6.07) is 13.0. The summed E-state index contributed by atoms with van der Waals surface area (Å²) < 4.78 is 5.47. The first-order chi connectivity index (χ1) is 15.7. The number of anilines is 2. The quantitative estimate of drug-likeness (QED) is 0.739. The summed E-state index contributed by atoms with van der Waals surface area (Å²) in [5, 5.41) is 19.8. The molecule has 4 rings (SSSR count). The van der Waals surface area contributed by atoms with Crippen LogP contribution < -0.4 is 9.80 Å². The van der Waals surface area contributed by atoms with Crippen LogP contribution in [-0.2, 0) is 4.74 Å². The van der Waals surface area contributed by atoms with Crippen LogP contribution in [0.2, 0.25) is 0 Å². The molecule has 0 bridgehead atoms. The van der Waals surface area contributed by atoms with Gasteiger partial charge in [0.15, 0.2) is 0 Å². The van der Waals surface area contributed by atoms with Crippen LogP contribution in [0.5, 0.6) is 0 Å². The van der Waals surface area contributed by atoms with Crippen LogP contribution in [-0.4, -0.2) is 71.2 Å². The number of ether oxygens (including phenoxy) is 1. The molecule has 2 amide bonds. The summed E-state index contributed by atoms with van der Waals surface area (Å²) in [5.41, 5.74) is 3.79. The molecule has 8 nitrogen and oxygen atoms in total. The average Bonchev–Trinajstić information content (AvgIpc) is 2.75. The second-order valence-electron chi connectivity index (χ2n) is 9.08. The number of β-amino-alcohol motifs (C(OH)–C–C–N with tert-alkyl or cyclic N) is 1. The summed E-state index contributed by atoms with van der Waals surface area (Å²) in [5.74, 6) is -0.0959. The molecular formula is C25H31N3O5. The van der Waals surface area contributed by atoms with E-state index in [0.29, 0.717) is 30.9 Å². The van der Waals surface area contributed by atoms with Crippen molar-refractivity contribution in [3.05, 3.63) is 48.0 Å². The number of hydrogen-bond donors (Lipinski definition) is 2. The van der Waals surface area contributed by atoms with Gasteiger partial charge >= 0.3 is 6.09 Å². The van der Waals surface area contributed by atoms with Crippen LogP contribution >= 0.6 is 0 Å². The number of fused-ring (bicyclic) bond motifs is 1. The Balaban J connectivity index is 1.66. The van der Waals surface area contributed by atoms with Gasteiger partial charge in [-0.15, -0.1) is 0 Å². The lowest BCUT2D eigenvalue weighted by atomic mass is 9.99. The number of aliphatic hydroxyl groups is 2. The van der Waals surface area contributed by atoms with E-state index in [-0.39, 0.29) is 18.1 Å². The van der Waals surface area contributed by atoms with Crippen molar-refractivity contribution >= 4 is 23.4 Å². The van der Waals surface area contributed by atoms with Gasteiger partial charge in [-0.05, 0) is 63.1 Å². The molecule has 0 spiro atoms. The van der Waals surface area contributed by atoms with Crippen LogP contribution in [0.15, 0.2) is 42.5 Å². The van der Waals surface area contributed by atoms with Gasteiger partial charge < -0.3 is 24.7 Å². The van der Waals surface area contributed by atoms with Crippen molar-refractivity contribution in [2.24, 2.45) is 0 Å². The lowest BCUT2D eigenvalue weighted by Gasteiger charge is -2.43. The van der Waals surface area contributed by atoms with Crippen molar-refractivity contribution in [1.29, 1.82) is 0 Å². The van der Waals surface area contributed by atoms with Crippen LogP contribution in [0.3, 0.4) is 0 Å². The van der Waals surface area contributed by atoms with Crippen molar-refractivity contribution in [2.45, 2.75) is 52.2 Å². The molecule has 0 saturated carbocycles. The number of carbonyl (C=O) groups excluding carboxylic acids is 2. The average molecular weight is 454 g/mol. The molecule has 1 unspecified atom stereocenters. The molecule has 33 heavy (non-hydrogen) atoms. The lowest BCUT2D eigenvalue weighted by Crippen LogP contribution is -2.53. The van der Waals surface area contributed by atoms with E-state index in [4.69, 9.17) is 4.74 Å². The van der Waals surface area contributed by atoms with Crippen molar-refractivity contribution in [1.82, 2.24) is 4.90 Å². The highest BCUT2D eigenvalue weighted by atomic mass is 16.6. The van der Waals surface area contributed by atoms with Gasteiger partial charge in [0.25, 0.3) is 5.91 Å². The molecule has 2 aromatic rings. The van der Waals surface area contributed by atoms with Gasteiger partial charge in [0.2, 0.25) is 0 Å². The molecule has 176 valence electrons. The Bertz CT molecular complexity index is 1030. The summed E-state index contributed by atoms with van der Waals surface area (Å²) in [6.45, 7) is 8.43. The fraction of sp³-hybridized carbons (Fsp3) is 0.440. The van der Waals surface area contributed by atoms with Crippen molar-refractivity contribution in [3.63, 3.8) is 0 Å². The van der Waals surface area contributed by atoms with Gasteiger partial charge in [0, 0.05) is 31.2 Å². The molecule has 8 heteroatoms. The maximum absolute atomic E-state index is 12.8. The van der Waals surface area contributed by atoms with E-state index in [1.165, 1.54) is 0 Å². The number of hydrogen-bond acceptors (Lipinski definition) is 6. The van der Waals surface area contributed by atoms with Crippen LogP contribution in [0, 0.1) is 0 Å². The standard InChI is InChI=1S/C25H31N3O5/c1-15(2)33-25(32)27-12-16(3)28(17(4)29)22-10-9-20(11-23(22)27)18-5-7-19(8-6-18)24(31)26-13-21(30)14-26/h5-11,15-17,21,29-30H,12-14H2,1-4H3/t16-,17?/m0/s1. The minimum atomic E-state index is -0.710. The minimum absolute atomic E-state index is 0.0895. The Morgan fingerprint density at radius 3 is 2.18 bits per heavy atom. The first kappa shape index (κ1) is 23.1. The number of nitrogens with zero attached hydrogens (tertiary/aromatic N) is 3. The van der Waals surface area contributed by atoms with E-state index >= 15 is 0 Å². The van der Waals surface area contributed by atoms with E-state index in [1.807, 2.05) is 56.0 Å². The molecule has 1 fully saturated rings. The Hall–Kier alpha value is -3.10. The fourth-order valence-corrected chi connectivity index (χ4v) is 4.44. The maximum Gasteiger partial charge on any atom is 0.414 e. The SMILES string of the molecule is CC(C)OC(=O)N1C[C@H](C)N(C(C)O)c2ccc(-c3ccc(C(=O)N4CC(O)C4)cc3)cc21. The number of benzene rings is 2. The zero-order valence-electron chi connectivity index (χ0n) is 19.4. The number of aliphatic hydroxyl groups excluding tert-OH is 2. The van der Waals surface area contributed by atoms with Gasteiger partial charge in [-0.1, -0.05) is 18.2 Å². The highest BCUT2D eigenvalue weighted by Crippen LogP contribution is 2.40. The third-order valence-corrected chi connectivity index (χ3v) is 6.04. The first-order valence-electron chi connectivity index (χ1n) is 11.3. The maximum atomic E-state index is 12.8. The fourth-order valence-electron chi connectivity index (χ4n) is 4.44. The molecule has 2 aliphatic rings. The molecule has 2 aliphatic heterocycles. The number of rotatable bonds is 4. The van der Waals surface area contributed by atoms with E-state index < -0.39 is 18.4 Å². The molecule has 0 radical (unpaired) electrons. The molecule has 0 aromatic heterocycles. The Morgan fingerprint density at radius 2 is 1.61 bits per heavy atom. The lowest BCUT2D eigenvalue weighted by molar-refractivity contribution is 0.00589. The molecule has 2 N–H and O–H groups in total. The van der Waals surface area contributed by atoms with Gasteiger partial charge in [-0.2, -0.15) is 0 Å². The Morgan fingerprint density at radius 1 is 0.970 bits per heavy atom. The Kier molecular flexibility index (Phi) is 6.32. The van der Waals surface area contributed by atoms with E-state index in [9.17, 15) is 19.8 Å². The third-order valence-electron chi connectivity index (χ3n) is 6.04. The van der Waals surface area contributed by atoms with Crippen LogP contribution in [0.25, 0.3) is 11.1 Å². The molecule has 2 heterocycles. The van der Waals surface area contributed by atoms with Gasteiger partial charge in [0.05, 0.1) is 23.6 Å². The molecule has 2 atom stereocenters. The number of amides is 2. The first-order valence-corrected chi connectivity index (χ1v) is 11.3. The number of carbonyl (C=O) groups is 2. The zero-order valence-corrected chi connectivity index (χ0v) is 19.4. The summed E-state index contributed by atoms with van der Waals surface area (Å²) in [7, 11) is 0. The highest BCUT2D eigenvalue weighted by Gasteiger charge is 2.35. The smallest absolute Gasteiger partial charge is 0.414 e. The molecule has 0 aliphatic carbocycles. The van der Waals surface area contributed by atoms with E-state index in [2.05, 4.69) is 0 Å². The predicted octanol–water partition coefficient (Wildman–Crippen LogP) is 3.07. The third kappa shape index (κ3) is 4.54. The number of likely N-dealkylation sites (tertiary alicyclic amines) is 1. The molecule has 2 aromatic carbocycles.